The molecule has 1 aliphatic heterocycles. The third kappa shape index (κ3) is 3.72. The maximum Gasteiger partial charge on any atom is 0.225 e. The molecule has 0 spiro atoms. The summed E-state index contributed by atoms with van der Waals surface area (Å²) < 4.78 is 2.16. The molecule has 1 aliphatic rings. The normalized spacial score (nSPS) is 15.6. The highest BCUT2D eigenvalue weighted by molar-refractivity contribution is 6.31. The minimum atomic E-state index is -0.163. The first kappa shape index (κ1) is 16.0. The highest BCUT2D eigenvalue weighted by atomic mass is 35.5. The Bertz CT molecular complexity index is 698. The number of hydrogen-bond acceptors (Lipinski definition) is 3. The molecule has 3 rings (SSSR count). The van der Waals surface area contributed by atoms with Gasteiger partial charge in [0, 0.05) is 18.0 Å². The minimum Gasteiger partial charge on any atom is -0.346 e. The Morgan fingerprint density at radius 3 is 2.96 bits per heavy atom. The molecular weight excluding hydrogens is 312 g/mol. The fraction of sp³-hybridized carbons (Fsp3) is 0.471. The smallest absolute Gasteiger partial charge is 0.225 e. The molecule has 2 heterocycles. The van der Waals surface area contributed by atoms with E-state index in [1.807, 2.05) is 25.1 Å². The first-order valence-corrected chi connectivity index (χ1v) is 8.47. The minimum absolute atomic E-state index is 0.0587. The fourth-order valence-corrected chi connectivity index (χ4v) is 3.20. The van der Waals surface area contributed by atoms with Gasteiger partial charge in [-0.2, -0.15) is 0 Å². The molecule has 23 heavy (non-hydrogen) atoms. The monoisotopic (exact) mass is 332 g/mol. The van der Waals surface area contributed by atoms with Crippen molar-refractivity contribution in [3.63, 3.8) is 0 Å². The molecule has 122 valence electrons. The second-order valence-corrected chi connectivity index (χ2v) is 6.40. The molecule has 0 saturated heterocycles. The molecule has 1 aromatic carbocycles. The lowest BCUT2D eigenvalue weighted by molar-refractivity contribution is -0.121. The van der Waals surface area contributed by atoms with Crippen LogP contribution in [-0.2, 0) is 24.2 Å². The van der Waals surface area contributed by atoms with Crippen molar-refractivity contribution in [1.29, 1.82) is 0 Å². The average molecular weight is 333 g/mol. The largest absolute Gasteiger partial charge is 0.346 e. The zero-order chi connectivity index (χ0) is 16.2. The predicted molar refractivity (Wildman–Crippen MR) is 89.3 cm³/mol. The van der Waals surface area contributed by atoms with E-state index in [1.165, 1.54) is 6.42 Å². The molecule has 1 aromatic heterocycles. The summed E-state index contributed by atoms with van der Waals surface area (Å²) in [4.78, 5) is 12.3. The van der Waals surface area contributed by atoms with Crippen LogP contribution in [0, 0.1) is 0 Å². The molecular formula is C17H21ClN4O. The summed E-state index contributed by atoms with van der Waals surface area (Å²) in [6.07, 6.45) is 4.75. The van der Waals surface area contributed by atoms with E-state index in [9.17, 15) is 4.79 Å². The standard InChI is InChI=1S/C17H21ClN4O/c1-12(17-21-20-15-9-3-2-6-10-22(15)17)19-16(23)11-13-7-4-5-8-14(13)18/h4-5,7-8,12H,2-3,6,9-11H2,1H3,(H,19,23). The van der Waals surface area contributed by atoms with Crippen LogP contribution in [0.4, 0.5) is 0 Å². The zero-order valence-corrected chi connectivity index (χ0v) is 14.0. The van der Waals surface area contributed by atoms with Gasteiger partial charge in [-0.3, -0.25) is 4.79 Å². The number of halogens is 1. The summed E-state index contributed by atoms with van der Waals surface area (Å²) in [6, 6.07) is 7.25. The van der Waals surface area contributed by atoms with Gasteiger partial charge in [0.1, 0.15) is 5.82 Å². The topological polar surface area (TPSA) is 59.8 Å². The van der Waals surface area contributed by atoms with E-state index >= 15 is 0 Å². The summed E-state index contributed by atoms with van der Waals surface area (Å²) in [6.45, 7) is 2.88. The molecule has 0 radical (unpaired) electrons. The number of hydrogen-bond donors (Lipinski definition) is 1. The number of rotatable bonds is 4. The molecule has 2 aromatic rings. The van der Waals surface area contributed by atoms with Gasteiger partial charge >= 0.3 is 0 Å². The Balaban J connectivity index is 1.67. The zero-order valence-electron chi connectivity index (χ0n) is 13.3. The van der Waals surface area contributed by atoms with Crippen LogP contribution >= 0.6 is 11.6 Å². The van der Waals surface area contributed by atoms with Gasteiger partial charge in [0.25, 0.3) is 0 Å². The van der Waals surface area contributed by atoms with E-state index in [4.69, 9.17) is 11.6 Å². The van der Waals surface area contributed by atoms with Gasteiger partial charge in [0.2, 0.25) is 5.91 Å². The molecule has 0 saturated carbocycles. The third-order valence-corrected chi connectivity index (χ3v) is 4.58. The Hall–Kier alpha value is -1.88. The molecule has 1 N–H and O–H groups in total. The molecule has 1 unspecified atom stereocenters. The van der Waals surface area contributed by atoms with E-state index < -0.39 is 0 Å². The van der Waals surface area contributed by atoms with Crippen molar-refractivity contribution in [3.05, 3.63) is 46.5 Å². The number of aryl methyl sites for hydroxylation is 1. The van der Waals surface area contributed by atoms with E-state index in [-0.39, 0.29) is 18.4 Å². The van der Waals surface area contributed by atoms with Crippen molar-refractivity contribution in [2.45, 2.75) is 51.6 Å². The average Bonchev–Trinajstić information content (AvgIpc) is 2.79. The SMILES string of the molecule is CC(NC(=O)Cc1ccccc1Cl)c1nnc2n1CCCCC2. The number of carbonyl (C=O) groups is 1. The van der Waals surface area contributed by atoms with Gasteiger partial charge in [0.15, 0.2) is 5.82 Å². The van der Waals surface area contributed by atoms with Gasteiger partial charge in [0.05, 0.1) is 12.5 Å². The quantitative estimate of drug-likeness (QED) is 0.936. The second-order valence-electron chi connectivity index (χ2n) is 5.99. The number of nitrogens with zero attached hydrogens (tertiary/aromatic N) is 3. The van der Waals surface area contributed by atoms with Gasteiger partial charge < -0.3 is 9.88 Å². The number of aromatic nitrogens is 3. The fourth-order valence-electron chi connectivity index (χ4n) is 3.00. The Morgan fingerprint density at radius 2 is 2.13 bits per heavy atom. The van der Waals surface area contributed by atoms with Gasteiger partial charge in [-0.25, -0.2) is 0 Å². The third-order valence-electron chi connectivity index (χ3n) is 4.21. The second kappa shape index (κ2) is 7.13. The lowest BCUT2D eigenvalue weighted by atomic mass is 10.1. The van der Waals surface area contributed by atoms with Crippen LogP contribution in [0.2, 0.25) is 5.02 Å². The van der Waals surface area contributed by atoms with Crippen LogP contribution in [-0.4, -0.2) is 20.7 Å². The Kier molecular flexibility index (Phi) is 4.96. The first-order chi connectivity index (χ1) is 11.1. The maximum atomic E-state index is 12.3. The van der Waals surface area contributed by atoms with Crippen molar-refractivity contribution in [3.8, 4) is 0 Å². The van der Waals surface area contributed by atoms with E-state index in [0.717, 1.165) is 43.0 Å². The number of amides is 1. The predicted octanol–water partition coefficient (Wildman–Crippen LogP) is 3.08. The van der Waals surface area contributed by atoms with E-state index in [2.05, 4.69) is 20.1 Å². The summed E-state index contributed by atoms with van der Waals surface area (Å²) in [5, 5.41) is 12.2. The number of carbonyl (C=O) groups excluding carboxylic acids is 1. The number of fused-ring (bicyclic) bond motifs is 1. The summed E-state index contributed by atoms with van der Waals surface area (Å²) in [5.41, 5.74) is 0.832. The molecule has 5 nitrogen and oxygen atoms in total. The summed E-state index contributed by atoms with van der Waals surface area (Å²) >= 11 is 6.11. The number of benzene rings is 1. The van der Waals surface area contributed by atoms with Crippen LogP contribution in [0.25, 0.3) is 0 Å². The molecule has 0 bridgehead atoms. The maximum absolute atomic E-state index is 12.3. The van der Waals surface area contributed by atoms with Gasteiger partial charge in [-0.1, -0.05) is 36.2 Å². The van der Waals surface area contributed by atoms with Gasteiger partial charge in [-0.15, -0.1) is 10.2 Å². The lowest BCUT2D eigenvalue weighted by Crippen LogP contribution is -2.30. The first-order valence-electron chi connectivity index (χ1n) is 8.10. The summed E-state index contributed by atoms with van der Waals surface area (Å²) in [7, 11) is 0. The van der Waals surface area contributed by atoms with Crippen LogP contribution < -0.4 is 5.32 Å². The van der Waals surface area contributed by atoms with Crippen molar-refractivity contribution < 1.29 is 4.79 Å². The van der Waals surface area contributed by atoms with Crippen molar-refractivity contribution in [2.75, 3.05) is 0 Å². The van der Waals surface area contributed by atoms with E-state index in [1.54, 1.807) is 6.07 Å². The molecule has 6 heteroatoms. The van der Waals surface area contributed by atoms with Crippen molar-refractivity contribution in [2.24, 2.45) is 0 Å². The van der Waals surface area contributed by atoms with Crippen LogP contribution in [0.3, 0.4) is 0 Å². The van der Waals surface area contributed by atoms with E-state index in [0.29, 0.717) is 5.02 Å². The Morgan fingerprint density at radius 1 is 1.30 bits per heavy atom. The molecule has 0 fully saturated rings. The molecule has 1 amide bonds. The van der Waals surface area contributed by atoms with Crippen LogP contribution in [0.5, 0.6) is 0 Å². The van der Waals surface area contributed by atoms with Crippen molar-refractivity contribution in [1.82, 2.24) is 20.1 Å². The molecule has 1 atom stereocenters. The van der Waals surface area contributed by atoms with Gasteiger partial charge in [-0.05, 0) is 31.4 Å². The lowest BCUT2D eigenvalue weighted by Gasteiger charge is -2.15. The van der Waals surface area contributed by atoms with Crippen LogP contribution in [0.1, 0.15) is 49.4 Å². The Labute approximate surface area is 141 Å². The summed E-state index contributed by atoms with van der Waals surface area (Å²) in [5.74, 6) is 1.82. The van der Waals surface area contributed by atoms with Crippen molar-refractivity contribution >= 4 is 17.5 Å². The highest BCUT2D eigenvalue weighted by Gasteiger charge is 2.20. The number of nitrogens with one attached hydrogen (secondary N) is 1. The molecule has 0 aliphatic carbocycles. The van der Waals surface area contributed by atoms with Crippen LogP contribution in [0.15, 0.2) is 24.3 Å². The highest BCUT2D eigenvalue weighted by Crippen LogP contribution is 2.19.